The van der Waals surface area contributed by atoms with Gasteiger partial charge in [-0.15, -0.1) is 0 Å². The standard InChI is InChI=1S/C26H33N3O5/c1-16-17(2)26(32-14-21-13-24(30)34-29-21)27-18(3)22(16)12-20-10-11-23(33-15-31-4)25(28-20)19-8-6-5-7-9-19/h10-11,19H,5-9,12-15H2,1-4H3. The fourth-order valence-electron chi connectivity index (χ4n) is 4.64. The van der Waals surface area contributed by atoms with E-state index in [1.54, 1.807) is 7.11 Å². The minimum Gasteiger partial charge on any atom is -0.471 e. The normalized spacial score (nSPS) is 16.4. The predicted octanol–water partition coefficient (Wildman–Crippen LogP) is 4.70. The summed E-state index contributed by atoms with van der Waals surface area (Å²) in [4.78, 5) is 25.6. The number of oxime groups is 1. The molecule has 1 aliphatic carbocycles. The first-order valence-electron chi connectivity index (χ1n) is 11.9. The Kier molecular flexibility index (Phi) is 7.77. The third kappa shape index (κ3) is 5.55. The van der Waals surface area contributed by atoms with Gasteiger partial charge >= 0.3 is 5.97 Å². The number of carbonyl (C=O) groups excluding carboxylic acids is 1. The quantitative estimate of drug-likeness (QED) is 0.390. The molecule has 8 nitrogen and oxygen atoms in total. The van der Waals surface area contributed by atoms with Gasteiger partial charge in [-0.05, 0) is 56.9 Å². The Morgan fingerprint density at radius 3 is 2.53 bits per heavy atom. The zero-order chi connectivity index (χ0) is 24.1. The van der Waals surface area contributed by atoms with Crippen molar-refractivity contribution in [2.45, 2.75) is 71.6 Å². The molecule has 1 aliphatic heterocycles. The molecule has 0 bridgehead atoms. The Labute approximate surface area is 200 Å². The SMILES string of the molecule is COCOc1ccc(Cc2c(C)nc(OCC3=NOC(=O)C3)c(C)c2C)nc1C1CCCCC1. The van der Waals surface area contributed by atoms with Crippen LogP contribution < -0.4 is 9.47 Å². The largest absolute Gasteiger partial charge is 0.471 e. The maximum Gasteiger partial charge on any atom is 0.340 e. The van der Waals surface area contributed by atoms with Gasteiger partial charge in [0.05, 0.1) is 12.1 Å². The number of aryl methyl sites for hydroxylation is 1. The average Bonchev–Trinajstić information content (AvgIpc) is 3.27. The number of hydrogen-bond acceptors (Lipinski definition) is 8. The molecule has 2 aromatic rings. The van der Waals surface area contributed by atoms with Gasteiger partial charge in [0.25, 0.3) is 0 Å². The van der Waals surface area contributed by atoms with Crippen molar-refractivity contribution < 1.29 is 23.8 Å². The van der Waals surface area contributed by atoms with Crippen molar-refractivity contribution >= 4 is 11.7 Å². The minimum absolute atomic E-state index is 0.161. The maximum absolute atomic E-state index is 11.2. The van der Waals surface area contributed by atoms with Crippen LogP contribution in [0.1, 0.15) is 78.2 Å². The van der Waals surface area contributed by atoms with E-state index in [1.165, 1.54) is 19.3 Å². The topological polar surface area (TPSA) is 92.1 Å². The number of pyridine rings is 2. The summed E-state index contributed by atoms with van der Waals surface area (Å²) in [6.45, 7) is 6.49. The molecule has 2 aromatic heterocycles. The number of aromatic nitrogens is 2. The summed E-state index contributed by atoms with van der Waals surface area (Å²) in [5, 5.41) is 3.74. The highest BCUT2D eigenvalue weighted by Crippen LogP contribution is 2.37. The lowest BCUT2D eigenvalue weighted by molar-refractivity contribution is -0.140. The third-order valence-corrected chi connectivity index (χ3v) is 6.67. The van der Waals surface area contributed by atoms with Crippen LogP contribution in [-0.2, 0) is 20.8 Å². The molecule has 182 valence electrons. The molecule has 3 heterocycles. The van der Waals surface area contributed by atoms with Gasteiger partial charge in [-0.2, -0.15) is 0 Å². The van der Waals surface area contributed by atoms with E-state index in [4.69, 9.17) is 24.2 Å². The Morgan fingerprint density at radius 2 is 1.82 bits per heavy atom. The van der Waals surface area contributed by atoms with E-state index in [0.717, 1.165) is 52.4 Å². The van der Waals surface area contributed by atoms with Crippen LogP contribution in [-0.4, -0.2) is 42.2 Å². The minimum atomic E-state index is -0.357. The van der Waals surface area contributed by atoms with E-state index in [2.05, 4.69) is 16.9 Å². The second-order valence-corrected chi connectivity index (χ2v) is 9.07. The van der Waals surface area contributed by atoms with Crippen molar-refractivity contribution in [3.8, 4) is 11.6 Å². The molecule has 4 rings (SSSR count). The fraction of sp³-hybridized carbons (Fsp3) is 0.538. The highest BCUT2D eigenvalue weighted by atomic mass is 16.7. The lowest BCUT2D eigenvalue weighted by Gasteiger charge is -2.24. The zero-order valence-corrected chi connectivity index (χ0v) is 20.5. The molecule has 34 heavy (non-hydrogen) atoms. The van der Waals surface area contributed by atoms with Gasteiger partial charge in [-0.3, -0.25) is 4.98 Å². The molecular weight excluding hydrogens is 434 g/mol. The first-order valence-corrected chi connectivity index (χ1v) is 11.9. The third-order valence-electron chi connectivity index (χ3n) is 6.67. The second kappa shape index (κ2) is 11.0. The molecule has 0 radical (unpaired) electrons. The smallest absolute Gasteiger partial charge is 0.340 e. The van der Waals surface area contributed by atoms with E-state index < -0.39 is 0 Å². The summed E-state index contributed by atoms with van der Waals surface area (Å²) in [6.07, 6.45) is 6.89. The first-order chi connectivity index (χ1) is 16.5. The van der Waals surface area contributed by atoms with Crippen LogP contribution in [0.25, 0.3) is 0 Å². The van der Waals surface area contributed by atoms with Crippen molar-refractivity contribution in [1.29, 1.82) is 0 Å². The van der Waals surface area contributed by atoms with Crippen LogP contribution in [0.2, 0.25) is 0 Å². The van der Waals surface area contributed by atoms with E-state index in [9.17, 15) is 4.79 Å². The highest BCUT2D eigenvalue weighted by Gasteiger charge is 2.23. The van der Waals surface area contributed by atoms with E-state index in [-0.39, 0.29) is 25.8 Å². The average molecular weight is 468 g/mol. The molecule has 1 fully saturated rings. The molecule has 0 spiro atoms. The number of nitrogens with zero attached hydrogens (tertiary/aromatic N) is 3. The van der Waals surface area contributed by atoms with Crippen LogP contribution in [0.4, 0.5) is 0 Å². The van der Waals surface area contributed by atoms with Gasteiger partial charge in [0.2, 0.25) is 5.88 Å². The molecule has 0 atom stereocenters. The Hall–Kier alpha value is -3.00. The fourth-order valence-corrected chi connectivity index (χ4v) is 4.64. The van der Waals surface area contributed by atoms with Crippen molar-refractivity contribution in [3.05, 3.63) is 45.9 Å². The van der Waals surface area contributed by atoms with Crippen LogP contribution >= 0.6 is 0 Å². The predicted molar refractivity (Wildman–Crippen MR) is 127 cm³/mol. The second-order valence-electron chi connectivity index (χ2n) is 9.07. The van der Waals surface area contributed by atoms with Crippen LogP contribution in [0.5, 0.6) is 11.6 Å². The van der Waals surface area contributed by atoms with E-state index in [0.29, 0.717) is 23.9 Å². The summed E-state index contributed by atoms with van der Waals surface area (Å²) in [5.41, 5.74) is 6.77. The van der Waals surface area contributed by atoms with Gasteiger partial charge < -0.3 is 19.0 Å². The summed E-state index contributed by atoms with van der Waals surface area (Å²) in [5.74, 6) is 1.44. The molecular formula is C26H33N3O5. The highest BCUT2D eigenvalue weighted by molar-refractivity contribution is 6.02. The number of rotatable bonds is 9. The Bertz CT molecular complexity index is 1080. The summed E-state index contributed by atoms with van der Waals surface area (Å²) in [7, 11) is 1.63. The molecule has 2 aliphatic rings. The molecule has 0 saturated heterocycles. The summed E-state index contributed by atoms with van der Waals surface area (Å²) >= 11 is 0. The number of ether oxygens (including phenoxy) is 3. The van der Waals surface area contributed by atoms with Crippen molar-refractivity contribution in [1.82, 2.24) is 9.97 Å². The van der Waals surface area contributed by atoms with Gasteiger partial charge in [-0.25, -0.2) is 9.78 Å². The van der Waals surface area contributed by atoms with Gasteiger partial charge in [0, 0.05) is 36.4 Å². The van der Waals surface area contributed by atoms with Crippen molar-refractivity contribution in [3.63, 3.8) is 0 Å². The molecule has 0 amide bonds. The van der Waals surface area contributed by atoms with Gasteiger partial charge in [0.1, 0.15) is 18.1 Å². The van der Waals surface area contributed by atoms with Crippen LogP contribution in [0.15, 0.2) is 17.3 Å². The lowest BCUT2D eigenvalue weighted by atomic mass is 9.86. The lowest BCUT2D eigenvalue weighted by Crippen LogP contribution is -2.14. The van der Waals surface area contributed by atoms with Gasteiger partial charge in [-0.1, -0.05) is 24.4 Å². The molecule has 0 unspecified atom stereocenters. The first kappa shape index (κ1) is 24.1. The molecule has 8 heteroatoms. The number of hydrogen-bond donors (Lipinski definition) is 0. The Morgan fingerprint density at radius 1 is 1.03 bits per heavy atom. The maximum atomic E-state index is 11.2. The number of carbonyl (C=O) groups is 1. The molecule has 0 N–H and O–H groups in total. The van der Waals surface area contributed by atoms with Gasteiger partial charge in [0.15, 0.2) is 6.79 Å². The number of methoxy groups -OCH3 is 1. The monoisotopic (exact) mass is 467 g/mol. The van der Waals surface area contributed by atoms with Crippen molar-refractivity contribution in [2.75, 3.05) is 20.5 Å². The van der Waals surface area contributed by atoms with E-state index in [1.807, 2.05) is 26.0 Å². The van der Waals surface area contributed by atoms with E-state index >= 15 is 0 Å². The Balaban J connectivity index is 1.55. The molecule has 1 saturated carbocycles. The summed E-state index contributed by atoms with van der Waals surface area (Å²) in [6, 6.07) is 4.06. The van der Waals surface area contributed by atoms with Crippen molar-refractivity contribution in [2.24, 2.45) is 5.16 Å². The zero-order valence-electron chi connectivity index (χ0n) is 20.5. The van der Waals surface area contributed by atoms with Crippen LogP contribution in [0, 0.1) is 20.8 Å². The molecule has 0 aromatic carbocycles. The van der Waals surface area contributed by atoms with Crippen LogP contribution in [0.3, 0.4) is 0 Å². The summed E-state index contributed by atoms with van der Waals surface area (Å²) < 4.78 is 16.8.